The maximum Gasteiger partial charge on any atom is 0.252 e. The number of pyridine rings is 1. The summed E-state index contributed by atoms with van der Waals surface area (Å²) in [4.78, 5) is 14.0. The number of nitrogens with one attached hydrogen (secondary N) is 1. The fourth-order valence-corrected chi connectivity index (χ4v) is 2.24. The Kier molecular flexibility index (Phi) is 2.48. The van der Waals surface area contributed by atoms with Gasteiger partial charge in [0.25, 0.3) is 5.56 Å². The highest BCUT2D eigenvalue weighted by Gasteiger charge is 2.08. The first kappa shape index (κ1) is 11.1. The van der Waals surface area contributed by atoms with Crippen LogP contribution < -0.4 is 5.56 Å². The molecular formula is C13H9BrN2O2. The van der Waals surface area contributed by atoms with Gasteiger partial charge in [-0.25, -0.2) is 0 Å². The van der Waals surface area contributed by atoms with Gasteiger partial charge in [0.2, 0.25) is 0 Å². The zero-order valence-electron chi connectivity index (χ0n) is 9.22. The van der Waals surface area contributed by atoms with E-state index in [2.05, 4.69) is 20.9 Å². The largest absolute Gasteiger partial charge is 0.505 e. The van der Waals surface area contributed by atoms with Crippen LogP contribution in [-0.4, -0.2) is 14.7 Å². The van der Waals surface area contributed by atoms with Gasteiger partial charge in [0.05, 0.1) is 5.52 Å². The van der Waals surface area contributed by atoms with Gasteiger partial charge in [0, 0.05) is 22.4 Å². The molecule has 2 aromatic heterocycles. The van der Waals surface area contributed by atoms with Crippen LogP contribution in [-0.2, 0) is 0 Å². The fourth-order valence-electron chi connectivity index (χ4n) is 1.97. The van der Waals surface area contributed by atoms with E-state index < -0.39 is 0 Å². The third-order valence-electron chi connectivity index (χ3n) is 2.76. The van der Waals surface area contributed by atoms with E-state index in [9.17, 15) is 9.90 Å². The summed E-state index contributed by atoms with van der Waals surface area (Å²) in [6.07, 6.45) is 1.81. The number of aromatic amines is 1. The van der Waals surface area contributed by atoms with Crippen LogP contribution in [0.15, 0.2) is 51.9 Å². The number of aromatic hydroxyl groups is 1. The number of hydrogen-bond donors (Lipinski definition) is 2. The SMILES string of the molecule is O=c1cc(O)c2c(ccn2-c2ccc(Br)cc2)[nH]1. The minimum absolute atomic E-state index is 0.0262. The number of rotatable bonds is 1. The Morgan fingerprint density at radius 1 is 1.17 bits per heavy atom. The lowest BCUT2D eigenvalue weighted by Crippen LogP contribution is -2.03. The first-order valence-electron chi connectivity index (χ1n) is 5.34. The second-order valence-corrected chi connectivity index (χ2v) is 4.86. The Bertz CT molecular complexity index is 772. The summed E-state index contributed by atoms with van der Waals surface area (Å²) in [6, 6.07) is 10.6. The maximum atomic E-state index is 11.3. The van der Waals surface area contributed by atoms with Crippen LogP contribution >= 0.6 is 15.9 Å². The van der Waals surface area contributed by atoms with Crippen LogP contribution in [0.5, 0.6) is 5.75 Å². The van der Waals surface area contributed by atoms with Crippen molar-refractivity contribution in [1.29, 1.82) is 0 Å². The molecule has 3 aromatic rings. The molecule has 0 atom stereocenters. The van der Waals surface area contributed by atoms with E-state index in [1.165, 1.54) is 6.07 Å². The number of aromatic nitrogens is 2. The highest BCUT2D eigenvalue weighted by atomic mass is 79.9. The van der Waals surface area contributed by atoms with Gasteiger partial charge in [-0.3, -0.25) is 4.79 Å². The molecule has 4 nitrogen and oxygen atoms in total. The summed E-state index contributed by atoms with van der Waals surface area (Å²) >= 11 is 3.38. The summed E-state index contributed by atoms with van der Waals surface area (Å²) in [7, 11) is 0. The van der Waals surface area contributed by atoms with Crippen LogP contribution in [0.2, 0.25) is 0 Å². The predicted molar refractivity (Wildman–Crippen MR) is 73.3 cm³/mol. The molecule has 1 aromatic carbocycles. The highest BCUT2D eigenvalue weighted by Crippen LogP contribution is 2.25. The monoisotopic (exact) mass is 304 g/mol. The van der Waals surface area contributed by atoms with Crippen molar-refractivity contribution in [1.82, 2.24) is 9.55 Å². The second kappa shape index (κ2) is 4.03. The molecule has 5 heteroatoms. The Morgan fingerprint density at radius 2 is 1.89 bits per heavy atom. The zero-order chi connectivity index (χ0) is 12.7. The van der Waals surface area contributed by atoms with Gasteiger partial charge in [-0.1, -0.05) is 15.9 Å². The van der Waals surface area contributed by atoms with Crippen LogP contribution in [0.3, 0.4) is 0 Å². The minimum atomic E-state index is -0.312. The summed E-state index contributed by atoms with van der Waals surface area (Å²) in [5, 5.41) is 9.89. The quantitative estimate of drug-likeness (QED) is 0.726. The van der Waals surface area contributed by atoms with Gasteiger partial charge in [-0.15, -0.1) is 0 Å². The molecule has 0 aliphatic rings. The maximum absolute atomic E-state index is 11.3. The lowest BCUT2D eigenvalue weighted by Gasteiger charge is -2.06. The standard InChI is InChI=1S/C13H9BrN2O2/c14-8-1-3-9(4-2-8)16-6-5-10-13(16)11(17)7-12(18)15-10/h1-7H,(H2,15,17,18). The van der Waals surface area contributed by atoms with Crippen LogP contribution in [0.4, 0.5) is 0 Å². The fraction of sp³-hybridized carbons (Fsp3) is 0. The molecular weight excluding hydrogens is 296 g/mol. The van der Waals surface area contributed by atoms with Crippen LogP contribution in [0.1, 0.15) is 0 Å². The summed E-state index contributed by atoms with van der Waals surface area (Å²) in [5.74, 6) is -0.0262. The molecule has 0 saturated carbocycles. The van der Waals surface area contributed by atoms with E-state index in [0.29, 0.717) is 11.0 Å². The molecule has 0 spiro atoms. The number of halogens is 1. The van der Waals surface area contributed by atoms with E-state index in [-0.39, 0.29) is 11.3 Å². The Labute approximate surface area is 111 Å². The Hall–Kier alpha value is -2.01. The summed E-state index contributed by atoms with van der Waals surface area (Å²) in [6.45, 7) is 0. The summed E-state index contributed by atoms with van der Waals surface area (Å²) < 4.78 is 2.81. The third-order valence-corrected chi connectivity index (χ3v) is 3.29. The van der Waals surface area contributed by atoms with Gasteiger partial charge in [0.1, 0.15) is 11.3 Å². The normalized spacial score (nSPS) is 10.9. The van der Waals surface area contributed by atoms with Crippen molar-refractivity contribution in [3.05, 3.63) is 57.4 Å². The highest BCUT2D eigenvalue weighted by molar-refractivity contribution is 9.10. The van der Waals surface area contributed by atoms with Gasteiger partial charge in [-0.2, -0.15) is 0 Å². The van der Waals surface area contributed by atoms with Crippen molar-refractivity contribution >= 4 is 27.0 Å². The first-order chi connectivity index (χ1) is 8.65. The molecule has 0 amide bonds. The van der Waals surface area contributed by atoms with Crippen molar-refractivity contribution in [2.45, 2.75) is 0 Å². The van der Waals surface area contributed by atoms with E-state index in [4.69, 9.17) is 0 Å². The number of fused-ring (bicyclic) bond motifs is 1. The lowest BCUT2D eigenvalue weighted by atomic mass is 10.3. The van der Waals surface area contributed by atoms with E-state index in [0.717, 1.165) is 10.2 Å². The molecule has 2 heterocycles. The molecule has 2 N–H and O–H groups in total. The average Bonchev–Trinajstić information content (AvgIpc) is 2.74. The minimum Gasteiger partial charge on any atom is -0.505 e. The molecule has 0 aliphatic heterocycles. The number of nitrogens with zero attached hydrogens (tertiary/aromatic N) is 1. The predicted octanol–water partition coefficient (Wildman–Crippen LogP) is 2.79. The summed E-state index contributed by atoms with van der Waals surface area (Å²) in [5.41, 5.74) is 1.81. The Balaban J connectivity index is 2.30. The average molecular weight is 305 g/mol. The molecule has 0 fully saturated rings. The topological polar surface area (TPSA) is 58.0 Å². The zero-order valence-corrected chi connectivity index (χ0v) is 10.8. The van der Waals surface area contributed by atoms with Crippen molar-refractivity contribution in [3.63, 3.8) is 0 Å². The van der Waals surface area contributed by atoms with E-state index >= 15 is 0 Å². The van der Waals surface area contributed by atoms with E-state index in [1.807, 2.05) is 35.0 Å². The van der Waals surface area contributed by atoms with Gasteiger partial charge < -0.3 is 14.7 Å². The second-order valence-electron chi connectivity index (χ2n) is 3.94. The number of hydrogen-bond acceptors (Lipinski definition) is 2. The third kappa shape index (κ3) is 1.73. The van der Waals surface area contributed by atoms with Gasteiger partial charge in [0.15, 0.2) is 0 Å². The smallest absolute Gasteiger partial charge is 0.252 e. The van der Waals surface area contributed by atoms with Crippen LogP contribution in [0, 0.1) is 0 Å². The molecule has 0 aliphatic carbocycles. The van der Waals surface area contributed by atoms with Crippen molar-refractivity contribution < 1.29 is 5.11 Å². The molecule has 0 unspecified atom stereocenters. The Morgan fingerprint density at radius 3 is 2.61 bits per heavy atom. The number of H-pyrrole nitrogens is 1. The molecule has 0 radical (unpaired) electrons. The van der Waals surface area contributed by atoms with E-state index in [1.54, 1.807) is 6.07 Å². The van der Waals surface area contributed by atoms with Gasteiger partial charge >= 0.3 is 0 Å². The first-order valence-corrected chi connectivity index (χ1v) is 6.14. The molecule has 0 saturated heterocycles. The van der Waals surface area contributed by atoms with Crippen molar-refractivity contribution in [2.24, 2.45) is 0 Å². The molecule has 90 valence electrons. The van der Waals surface area contributed by atoms with Crippen molar-refractivity contribution in [2.75, 3.05) is 0 Å². The molecule has 3 rings (SSSR count). The van der Waals surface area contributed by atoms with Gasteiger partial charge in [-0.05, 0) is 30.3 Å². The molecule has 18 heavy (non-hydrogen) atoms. The van der Waals surface area contributed by atoms with Crippen LogP contribution in [0.25, 0.3) is 16.7 Å². The lowest BCUT2D eigenvalue weighted by molar-refractivity contribution is 0.478. The van der Waals surface area contributed by atoms with Crippen molar-refractivity contribution in [3.8, 4) is 11.4 Å². The number of benzene rings is 1. The molecule has 0 bridgehead atoms.